The van der Waals surface area contributed by atoms with Gasteiger partial charge in [-0.3, -0.25) is 4.79 Å². The number of fused-ring (bicyclic) bond motifs is 2. The Morgan fingerprint density at radius 3 is 2.65 bits per heavy atom. The van der Waals surface area contributed by atoms with Crippen LogP contribution in [0.5, 0.6) is 11.5 Å². The van der Waals surface area contributed by atoms with Gasteiger partial charge in [-0.05, 0) is 36.8 Å². The van der Waals surface area contributed by atoms with Crippen LogP contribution in [0.2, 0.25) is 0 Å². The van der Waals surface area contributed by atoms with Gasteiger partial charge in [0.05, 0.1) is 11.7 Å². The molecule has 0 saturated heterocycles. The summed E-state index contributed by atoms with van der Waals surface area (Å²) in [6.07, 6.45) is 2.62. The van der Waals surface area contributed by atoms with Gasteiger partial charge < -0.3 is 9.84 Å². The molecule has 4 heteroatoms. The molecule has 116 valence electrons. The summed E-state index contributed by atoms with van der Waals surface area (Å²) in [5.41, 5.74) is 1.40. The molecule has 3 nitrogen and oxygen atoms in total. The fraction of sp³-hybridized carbons (Fsp3) is 0.211. The maximum Gasteiger partial charge on any atom is 0.144 e. The van der Waals surface area contributed by atoms with Gasteiger partial charge in [-0.2, -0.15) is 0 Å². The number of carbonyl (C=O) groups is 1. The van der Waals surface area contributed by atoms with Gasteiger partial charge in [0, 0.05) is 23.5 Å². The molecule has 0 unspecified atom stereocenters. The fourth-order valence-corrected chi connectivity index (χ4v) is 3.50. The van der Waals surface area contributed by atoms with Crippen LogP contribution in [-0.2, 0) is 4.79 Å². The maximum absolute atomic E-state index is 13.8. The van der Waals surface area contributed by atoms with Crippen LogP contribution in [0, 0.1) is 11.7 Å². The van der Waals surface area contributed by atoms with Crippen LogP contribution in [0.1, 0.15) is 29.9 Å². The van der Waals surface area contributed by atoms with Crippen molar-refractivity contribution in [3.05, 3.63) is 71.2 Å². The molecule has 1 N–H and O–H groups in total. The summed E-state index contributed by atoms with van der Waals surface area (Å²) in [5.74, 6) is -0.295. The number of halogens is 1. The zero-order valence-electron chi connectivity index (χ0n) is 12.3. The minimum atomic E-state index is -0.686. The molecule has 1 aliphatic carbocycles. The Balaban J connectivity index is 1.94. The Kier molecular flexibility index (Phi) is 3.18. The predicted octanol–water partition coefficient (Wildman–Crippen LogP) is 4.48. The Hall–Kier alpha value is -2.62. The molecule has 1 heterocycles. The first-order valence-electron chi connectivity index (χ1n) is 7.63. The average molecular weight is 310 g/mol. The van der Waals surface area contributed by atoms with Crippen molar-refractivity contribution < 1.29 is 19.0 Å². The molecule has 0 saturated carbocycles. The lowest BCUT2D eigenvalue weighted by molar-refractivity contribution is -0.123. The molecule has 0 aromatic heterocycles. The van der Waals surface area contributed by atoms with Crippen molar-refractivity contribution in [2.45, 2.75) is 18.8 Å². The van der Waals surface area contributed by atoms with E-state index in [1.807, 2.05) is 24.3 Å². The summed E-state index contributed by atoms with van der Waals surface area (Å²) in [6, 6.07) is 11.7. The quantitative estimate of drug-likeness (QED) is 0.844. The summed E-state index contributed by atoms with van der Waals surface area (Å²) in [5, 5.41) is 10.3. The Morgan fingerprint density at radius 1 is 1.04 bits per heavy atom. The highest BCUT2D eigenvalue weighted by Crippen LogP contribution is 2.50. The summed E-state index contributed by atoms with van der Waals surface area (Å²) in [7, 11) is 0. The van der Waals surface area contributed by atoms with Crippen molar-refractivity contribution in [2.24, 2.45) is 5.92 Å². The number of carbonyl (C=O) groups excluding carboxylic acids is 1. The molecule has 0 fully saturated rings. The first kappa shape index (κ1) is 14.0. The summed E-state index contributed by atoms with van der Waals surface area (Å²) in [6.45, 7) is 0. The van der Waals surface area contributed by atoms with Gasteiger partial charge in [0.2, 0.25) is 0 Å². The van der Waals surface area contributed by atoms with Crippen molar-refractivity contribution in [3.8, 4) is 11.5 Å². The van der Waals surface area contributed by atoms with E-state index in [9.17, 15) is 14.3 Å². The van der Waals surface area contributed by atoms with E-state index >= 15 is 0 Å². The number of allylic oxidation sites excluding steroid dienone is 2. The lowest BCUT2D eigenvalue weighted by atomic mass is 9.73. The molecule has 2 aliphatic rings. The minimum absolute atomic E-state index is 0.0260. The number of hydrogen-bond acceptors (Lipinski definition) is 3. The fourth-order valence-electron chi connectivity index (χ4n) is 3.50. The van der Waals surface area contributed by atoms with Crippen molar-refractivity contribution in [1.82, 2.24) is 0 Å². The van der Waals surface area contributed by atoms with Gasteiger partial charge in [0.15, 0.2) is 0 Å². The van der Waals surface area contributed by atoms with Gasteiger partial charge >= 0.3 is 0 Å². The van der Waals surface area contributed by atoms with Crippen LogP contribution in [0.3, 0.4) is 0 Å². The van der Waals surface area contributed by atoms with Crippen LogP contribution in [0.25, 0.3) is 0 Å². The lowest BCUT2D eigenvalue weighted by Gasteiger charge is -2.34. The zero-order chi connectivity index (χ0) is 16.0. The second kappa shape index (κ2) is 5.23. The SMILES string of the molecule is O=C1CCC=C(O)[C@@H]1[C@H]1c2ccccc2Oc2ccc(F)cc21. The minimum Gasteiger partial charge on any atom is -0.512 e. The smallest absolute Gasteiger partial charge is 0.144 e. The maximum atomic E-state index is 13.8. The van der Waals surface area contributed by atoms with Crippen LogP contribution in [0.4, 0.5) is 4.39 Å². The zero-order valence-corrected chi connectivity index (χ0v) is 12.3. The number of ketones is 1. The molecule has 2 aromatic rings. The molecule has 0 amide bonds. The van der Waals surface area contributed by atoms with E-state index < -0.39 is 11.8 Å². The Morgan fingerprint density at radius 2 is 1.83 bits per heavy atom. The van der Waals surface area contributed by atoms with Crippen LogP contribution >= 0.6 is 0 Å². The standard InChI is InChI=1S/C19H15FO3/c20-11-8-9-17-13(10-11)18(12-4-1-2-7-16(12)23-17)19-14(21)5-3-6-15(19)22/h1-2,4-5,7-10,18-19,21H,3,6H2/t18-,19-/m0/s1. The molecule has 2 aromatic carbocycles. The van der Waals surface area contributed by atoms with Crippen molar-refractivity contribution in [3.63, 3.8) is 0 Å². The number of hydrogen-bond donors (Lipinski definition) is 1. The molecule has 2 atom stereocenters. The van der Waals surface area contributed by atoms with E-state index in [0.717, 1.165) is 5.56 Å². The lowest BCUT2D eigenvalue weighted by Crippen LogP contribution is -2.29. The third kappa shape index (κ3) is 2.22. The van der Waals surface area contributed by atoms with Gasteiger partial charge in [-0.25, -0.2) is 4.39 Å². The highest BCUT2D eigenvalue weighted by Gasteiger charge is 2.40. The topological polar surface area (TPSA) is 46.5 Å². The molecule has 0 bridgehead atoms. The second-order valence-corrected chi connectivity index (χ2v) is 5.91. The van der Waals surface area contributed by atoms with Gasteiger partial charge in [-0.15, -0.1) is 0 Å². The average Bonchev–Trinajstić information content (AvgIpc) is 2.54. The van der Waals surface area contributed by atoms with E-state index in [1.54, 1.807) is 12.1 Å². The van der Waals surface area contributed by atoms with Crippen LogP contribution in [-0.4, -0.2) is 10.9 Å². The first-order chi connectivity index (χ1) is 11.1. The predicted molar refractivity (Wildman–Crippen MR) is 83.2 cm³/mol. The van der Waals surface area contributed by atoms with Crippen molar-refractivity contribution >= 4 is 5.78 Å². The number of ether oxygens (including phenoxy) is 1. The number of rotatable bonds is 1. The highest BCUT2D eigenvalue weighted by atomic mass is 19.1. The van der Waals surface area contributed by atoms with E-state index in [0.29, 0.717) is 29.9 Å². The third-order valence-corrected chi connectivity index (χ3v) is 4.52. The molecule has 4 rings (SSSR count). The molecule has 0 radical (unpaired) electrons. The molecular formula is C19H15FO3. The second-order valence-electron chi connectivity index (χ2n) is 5.91. The number of aliphatic hydroxyl groups is 1. The number of aliphatic hydroxyl groups excluding tert-OH is 1. The van der Waals surface area contributed by atoms with E-state index in [-0.39, 0.29) is 17.4 Å². The van der Waals surface area contributed by atoms with Gasteiger partial charge in [0.25, 0.3) is 0 Å². The Labute approximate surface area is 133 Å². The third-order valence-electron chi connectivity index (χ3n) is 4.52. The molecule has 23 heavy (non-hydrogen) atoms. The number of benzene rings is 2. The van der Waals surface area contributed by atoms with Crippen molar-refractivity contribution in [2.75, 3.05) is 0 Å². The van der Waals surface area contributed by atoms with Crippen LogP contribution in [0.15, 0.2) is 54.3 Å². The van der Waals surface area contributed by atoms with Gasteiger partial charge in [-0.1, -0.05) is 18.2 Å². The summed E-state index contributed by atoms with van der Waals surface area (Å²) >= 11 is 0. The highest BCUT2D eigenvalue weighted by molar-refractivity contribution is 5.86. The Bertz CT molecular complexity index is 825. The summed E-state index contributed by atoms with van der Waals surface area (Å²) in [4.78, 5) is 12.5. The number of para-hydroxylation sites is 1. The summed E-state index contributed by atoms with van der Waals surface area (Å²) < 4.78 is 19.6. The monoisotopic (exact) mass is 310 g/mol. The molecule has 1 aliphatic heterocycles. The van der Waals surface area contributed by atoms with Crippen molar-refractivity contribution in [1.29, 1.82) is 0 Å². The first-order valence-corrected chi connectivity index (χ1v) is 7.63. The van der Waals surface area contributed by atoms with E-state index in [1.165, 1.54) is 12.1 Å². The number of Topliss-reactive ketones (excluding diaryl/α,β-unsaturated/α-hetero) is 1. The van der Waals surface area contributed by atoms with E-state index in [4.69, 9.17) is 4.74 Å². The van der Waals surface area contributed by atoms with Crippen LogP contribution < -0.4 is 4.74 Å². The largest absolute Gasteiger partial charge is 0.512 e. The molecular weight excluding hydrogens is 295 g/mol. The van der Waals surface area contributed by atoms with Gasteiger partial charge in [0.1, 0.15) is 23.1 Å². The normalized spacial score (nSPS) is 22.7. The molecule has 0 spiro atoms. The van der Waals surface area contributed by atoms with E-state index in [2.05, 4.69) is 0 Å².